The highest BCUT2D eigenvalue weighted by Crippen LogP contribution is 2.26. The zero-order valence-corrected chi connectivity index (χ0v) is 14.9. The van der Waals surface area contributed by atoms with Crippen LogP contribution in [0.15, 0.2) is 29.6 Å². The van der Waals surface area contributed by atoms with Crippen molar-refractivity contribution in [3.8, 4) is 5.75 Å². The van der Waals surface area contributed by atoms with Crippen molar-refractivity contribution in [2.45, 2.75) is 32.1 Å². The van der Waals surface area contributed by atoms with E-state index in [2.05, 4.69) is 15.6 Å². The van der Waals surface area contributed by atoms with Crippen LogP contribution in [0, 0.1) is 5.92 Å². The minimum atomic E-state index is -0.149. The fourth-order valence-corrected chi connectivity index (χ4v) is 3.60. The van der Waals surface area contributed by atoms with Crippen LogP contribution in [0.4, 0.5) is 10.8 Å². The fraction of sp³-hybridized carbons (Fsp3) is 0.389. The Balaban J connectivity index is 1.51. The Morgan fingerprint density at radius 3 is 2.60 bits per heavy atom. The summed E-state index contributed by atoms with van der Waals surface area (Å²) in [7, 11) is 1.60. The number of benzene rings is 1. The molecular weight excluding hydrogens is 338 g/mol. The van der Waals surface area contributed by atoms with Gasteiger partial charge in [0.15, 0.2) is 5.13 Å². The molecule has 0 aliphatic heterocycles. The molecule has 0 bridgehead atoms. The predicted molar refractivity (Wildman–Crippen MR) is 98.0 cm³/mol. The van der Waals surface area contributed by atoms with E-state index in [4.69, 9.17) is 4.74 Å². The lowest BCUT2D eigenvalue weighted by molar-refractivity contribution is -0.119. The van der Waals surface area contributed by atoms with Gasteiger partial charge in [-0.1, -0.05) is 12.8 Å². The van der Waals surface area contributed by atoms with Gasteiger partial charge in [0.1, 0.15) is 5.75 Å². The standard InChI is InChI=1S/C18H21N3O3S/c1-24-15-8-6-13(7-9-15)19-16(22)10-14-11-25-18(20-14)21-17(23)12-4-2-3-5-12/h6-9,11-12H,2-5,10H2,1H3,(H,19,22)(H,20,21,23). The maximum Gasteiger partial charge on any atom is 0.230 e. The molecule has 0 radical (unpaired) electrons. The summed E-state index contributed by atoms with van der Waals surface area (Å²) >= 11 is 1.35. The Bertz CT molecular complexity index is 736. The summed E-state index contributed by atoms with van der Waals surface area (Å²) in [6, 6.07) is 7.14. The minimum Gasteiger partial charge on any atom is -0.497 e. The van der Waals surface area contributed by atoms with Crippen LogP contribution < -0.4 is 15.4 Å². The number of nitrogens with one attached hydrogen (secondary N) is 2. The van der Waals surface area contributed by atoms with E-state index in [0.29, 0.717) is 16.5 Å². The zero-order valence-electron chi connectivity index (χ0n) is 14.1. The summed E-state index contributed by atoms with van der Waals surface area (Å²) in [6.45, 7) is 0. The van der Waals surface area contributed by atoms with E-state index < -0.39 is 0 Å². The monoisotopic (exact) mass is 359 g/mol. The topological polar surface area (TPSA) is 80.3 Å². The average Bonchev–Trinajstić information content (AvgIpc) is 3.27. The largest absolute Gasteiger partial charge is 0.497 e. The second-order valence-corrected chi connectivity index (χ2v) is 6.93. The van der Waals surface area contributed by atoms with Gasteiger partial charge in [-0.15, -0.1) is 11.3 Å². The van der Waals surface area contributed by atoms with Crippen LogP contribution in [0.25, 0.3) is 0 Å². The number of hydrogen-bond donors (Lipinski definition) is 2. The summed E-state index contributed by atoms with van der Waals surface area (Å²) in [5.41, 5.74) is 1.36. The summed E-state index contributed by atoms with van der Waals surface area (Å²) in [4.78, 5) is 28.6. The lowest BCUT2D eigenvalue weighted by atomic mass is 10.1. The third-order valence-electron chi connectivity index (χ3n) is 4.22. The number of aromatic nitrogens is 1. The highest BCUT2D eigenvalue weighted by Gasteiger charge is 2.23. The number of rotatable bonds is 6. The first-order valence-electron chi connectivity index (χ1n) is 8.33. The van der Waals surface area contributed by atoms with Gasteiger partial charge in [-0.3, -0.25) is 9.59 Å². The number of carbonyl (C=O) groups is 2. The number of methoxy groups -OCH3 is 1. The summed E-state index contributed by atoms with van der Waals surface area (Å²) in [5.74, 6) is 0.732. The van der Waals surface area contributed by atoms with Crippen molar-refractivity contribution in [2.24, 2.45) is 5.92 Å². The molecule has 6 nitrogen and oxygen atoms in total. The molecule has 0 saturated heterocycles. The molecular formula is C18H21N3O3S. The summed E-state index contributed by atoms with van der Waals surface area (Å²) in [5, 5.41) is 8.04. The van der Waals surface area contributed by atoms with Gasteiger partial charge in [-0.05, 0) is 37.1 Å². The van der Waals surface area contributed by atoms with Gasteiger partial charge in [0.05, 0.1) is 19.2 Å². The minimum absolute atomic E-state index is 0.0427. The number of hydrogen-bond acceptors (Lipinski definition) is 5. The Morgan fingerprint density at radius 1 is 1.20 bits per heavy atom. The van der Waals surface area contributed by atoms with Gasteiger partial charge in [-0.25, -0.2) is 4.98 Å². The summed E-state index contributed by atoms with van der Waals surface area (Å²) < 4.78 is 5.09. The van der Waals surface area contributed by atoms with Crippen molar-refractivity contribution < 1.29 is 14.3 Å². The molecule has 1 aliphatic rings. The van der Waals surface area contributed by atoms with Crippen LogP contribution in [0.3, 0.4) is 0 Å². The number of amides is 2. The molecule has 25 heavy (non-hydrogen) atoms. The molecule has 1 heterocycles. The maximum atomic E-state index is 12.1. The second-order valence-electron chi connectivity index (χ2n) is 6.07. The molecule has 1 aromatic carbocycles. The van der Waals surface area contributed by atoms with E-state index in [9.17, 15) is 9.59 Å². The van der Waals surface area contributed by atoms with Gasteiger partial charge >= 0.3 is 0 Å². The van der Waals surface area contributed by atoms with E-state index in [0.717, 1.165) is 31.4 Å². The molecule has 1 saturated carbocycles. The maximum absolute atomic E-state index is 12.1. The van der Waals surface area contributed by atoms with Crippen LogP contribution in [0.2, 0.25) is 0 Å². The first kappa shape index (κ1) is 17.4. The molecule has 3 rings (SSSR count). The Morgan fingerprint density at radius 2 is 1.92 bits per heavy atom. The molecule has 7 heteroatoms. The molecule has 0 unspecified atom stereocenters. The van der Waals surface area contributed by atoms with Crippen molar-refractivity contribution in [3.05, 3.63) is 35.3 Å². The van der Waals surface area contributed by atoms with Crippen LogP contribution in [-0.4, -0.2) is 23.9 Å². The fourth-order valence-electron chi connectivity index (χ4n) is 2.89. The molecule has 132 valence electrons. The number of anilines is 2. The molecule has 1 fully saturated rings. The Kier molecular flexibility index (Phi) is 5.65. The van der Waals surface area contributed by atoms with Crippen LogP contribution in [0.1, 0.15) is 31.4 Å². The van der Waals surface area contributed by atoms with Crippen molar-refractivity contribution in [1.82, 2.24) is 4.98 Å². The molecule has 2 aromatic rings. The molecule has 1 aliphatic carbocycles. The molecule has 0 spiro atoms. The zero-order chi connectivity index (χ0) is 17.6. The number of carbonyl (C=O) groups excluding carboxylic acids is 2. The average molecular weight is 359 g/mol. The number of thiazole rings is 1. The van der Waals surface area contributed by atoms with Gasteiger partial charge in [-0.2, -0.15) is 0 Å². The SMILES string of the molecule is COc1ccc(NC(=O)Cc2csc(NC(=O)C3CCCC3)n2)cc1. The van der Waals surface area contributed by atoms with E-state index in [1.54, 1.807) is 36.8 Å². The Hall–Kier alpha value is -2.41. The van der Waals surface area contributed by atoms with Gasteiger partial charge in [0.2, 0.25) is 11.8 Å². The normalized spacial score (nSPS) is 14.3. The number of ether oxygens (including phenoxy) is 1. The lowest BCUT2D eigenvalue weighted by Crippen LogP contribution is -2.20. The third-order valence-corrected chi connectivity index (χ3v) is 5.03. The quantitative estimate of drug-likeness (QED) is 0.828. The van der Waals surface area contributed by atoms with Crippen molar-refractivity contribution in [1.29, 1.82) is 0 Å². The van der Waals surface area contributed by atoms with Crippen molar-refractivity contribution >= 4 is 34.0 Å². The first-order valence-corrected chi connectivity index (χ1v) is 9.21. The van der Waals surface area contributed by atoms with Crippen molar-refractivity contribution in [3.63, 3.8) is 0 Å². The lowest BCUT2D eigenvalue weighted by Gasteiger charge is -2.07. The molecule has 2 N–H and O–H groups in total. The van der Waals surface area contributed by atoms with Crippen LogP contribution >= 0.6 is 11.3 Å². The predicted octanol–water partition coefficient (Wildman–Crippen LogP) is 3.46. The second kappa shape index (κ2) is 8.11. The van der Waals surface area contributed by atoms with Crippen LogP contribution in [0.5, 0.6) is 5.75 Å². The smallest absolute Gasteiger partial charge is 0.230 e. The van der Waals surface area contributed by atoms with E-state index in [-0.39, 0.29) is 24.2 Å². The number of nitrogens with zero attached hydrogens (tertiary/aromatic N) is 1. The van der Waals surface area contributed by atoms with Gasteiger partial charge in [0, 0.05) is 17.0 Å². The van der Waals surface area contributed by atoms with Crippen molar-refractivity contribution in [2.75, 3.05) is 17.7 Å². The third kappa shape index (κ3) is 4.79. The highest BCUT2D eigenvalue weighted by atomic mass is 32.1. The van der Waals surface area contributed by atoms with Gasteiger partial charge in [0.25, 0.3) is 0 Å². The first-order chi connectivity index (χ1) is 12.1. The highest BCUT2D eigenvalue weighted by molar-refractivity contribution is 7.13. The molecule has 2 amide bonds. The van der Waals surface area contributed by atoms with Crippen LogP contribution in [-0.2, 0) is 16.0 Å². The molecule has 0 atom stereocenters. The molecule has 1 aromatic heterocycles. The summed E-state index contributed by atoms with van der Waals surface area (Å²) in [6.07, 6.45) is 4.31. The van der Waals surface area contributed by atoms with E-state index >= 15 is 0 Å². The van der Waals surface area contributed by atoms with Gasteiger partial charge < -0.3 is 15.4 Å². The van der Waals surface area contributed by atoms with E-state index in [1.165, 1.54) is 11.3 Å². The van der Waals surface area contributed by atoms with E-state index in [1.807, 2.05) is 0 Å². The Labute approximate surface area is 150 Å².